The lowest BCUT2D eigenvalue weighted by molar-refractivity contribution is -0.116. The molecule has 0 fully saturated rings. The number of ether oxygens (including phenoxy) is 3. The van der Waals surface area contributed by atoms with Crippen LogP contribution in [0.5, 0.6) is 17.2 Å². The van der Waals surface area contributed by atoms with Crippen molar-refractivity contribution in [2.24, 2.45) is 0 Å². The van der Waals surface area contributed by atoms with E-state index in [1.54, 1.807) is 57.7 Å². The van der Waals surface area contributed by atoms with Gasteiger partial charge in [0.05, 0.1) is 21.3 Å². The molecular weight excluding hydrogens is 511 g/mol. The molecular formula is C32H31FN2O5. The summed E-state index contributed by atoms with van der Waals surface area (Å²) in [4.78, 5) is 27.6. The van der Waals surface area contributed by atoms with E-state index in [-0.39, 0.29) is 24.0 Å². The molecule has 0 radical (unpaired) electrons. The van der Waals surface area contributed by atoms with Crippen molar-refractivity contribution in [3.8, 4) is 17.2 Å². The lowest BCUT2D eigenvalue weighted by Gasteiger charge is -2.37. The third-order valence-corrected chi connectivity index (χ3v) is 7.48. The maximum Gasteiger partial charge on any atom is 0.254 e. The summed E-state index contributed by atoms with van der Waals surface area (Å²) >= 11 is 0. The summed E-state index contributed by atoms with van der Waals surface area (Å²) in [6.07, 6.45) is 0.793. The summed E-state index contributed by atoms with van der Waals surface area (Å²) in [6, 6.07) is 18.7. The van der Waals surface area contributed by atoms with Crippen LogP contribution in [0.3, 0.4) is 0 Å². The number of methoxy groups -OCH3 is 3. The zero-order chi connectivity index (χ0) is 28.4. The van der Waals surface area contributed by atoms with E-state index in [1.807, 2.05) is 25.1 Å². The predicted molar refractivity (Wildman–Crippen MR) is 150 cm³/mol. The van der Waals surface area contributed by atoms with Crippen molar-refractivity contribution in [1.29, 1.82) is 0 Å². The molecule has 1 aliphatic heterocycles. The maximum absolute atomic E-state index is 14.4. The average molecular weight is 543 g/mol. The Morgan fingerprint density at radius 3 is 2.33 bits per heavy atom. The number of allylic oxidation sites excluding steroid dienone is 3. The monoisotopic (exact) mass is 542 g/mol. The predicted octanol–water partition coefficient (Wildman–Crippen LogP) is 5.85. The summed E-state index contributed by atoms with van der Waals surface area (Å²) in [5.41, 5.74) is 4.29. The second kappa shape index (κ2) is 11.3. The largest absolute Gasteiger partial charge is 0.497 e. The van der Waals surface area contributed by atoms with Crippen LogP contribution < -0.4 is 24.8 Å². The van der Waals surface area contributed by atoms with Crippen LogP contribution in [0.2, 0.25) is 0 Å². The highest BCUT2D eigenvalue weighted by Crippen LogP contribution is 2.46. The summed E-state index contributed by atoms with van der Waals surface area (Å²) in [7, 11) is 4.73. The van der Waals surface area contributed by atoms with Crippen molar-refractivity contribution in [2.75, 3.05) is 26.6 Å². The van der Waals surface area contributed by atoms with Crippen LogP contribution in [-0.4, -0.2) is 33.0 Å². The molecule has 1 aliphatic carbocycles. The smallest absolute Gasteiger partial charge is 0.254 e. The minimum absolute atomic E-state index is 0.0926. The number of Topliss-reactive ketones (excluding diaryl/α,β-unsaturated/α-hetero) is 1. The van der Waals surface area contributed by atoms with Crippen LogP contribution in [0.25, 0.3) is 0 Å². The van der Waals surface area contributed by atoms with Crippen LogP contribution in [0, 0.1) is 5.82 Å². The fraction of sp³-hybridized carbons (Fsp3) is 0.250. The first-order valence-electron chi connectivity index (χ1n) is 13.0. The van der Waals surface area contributed by atoms with Crippen LogP contribution in [0.15, 0.2) is 89.3 Å². The van der Waals surface area contributed by atoms with E-state index in [1.165, 1.54) is 12.1 Å². The molecule has 8 heteroatoms. The van der Waals surface area contributed by atoms with Crippen molar-refractivity contribution in [3.05, 3.63) is 106 Å². The fourth-order valence-corrected chi connectivity index (χ4v) is 5.57. The highest BCUT2D eigenvalue weighted by molar-refractivity contribution is 6.10. The van der Waals surface area contributed by atoms with Gasteiger partial charge in [0.15, 0.2) is 17.3 Å². The minimum atomic E-state index is -0.718. The van der Waals surface area contributed by atoms with E-state index >= 15 is 0 Å². The van der Waals surface area contributed by atoms with E-state index in [9.17, 15) is 14.0 Å². The SMILES string of the molecule is COc1ccc(NC(=O)C2=C(C)NC3=C(C(=O)C[C@H](c4ccc(OC)c(OC)c4)C3)[C@@H]2c2cccc(F)c2)cc1. The number of anilines is 1. The molecule has 1 amide bonds. The molecule has 0 saturated carbocycles. The molecule has 0 aromatic heterocycles. The standard InChI is InChI=1S/C32H31FN2O5/c1-18-29(32(37)35-23-9-11-24(38-2)12-10-23)30(20-6-5-7-22(33)14-20)31-25(34-18)15-21(16-26(31)36)19-8-13-27(39-3)28(17-19)40-4/h5-14,17,21,30,34H,15-16H2,1-4H3,(H,35,37)/t21-,30-/m1/s1. The zero-order valence-corrected chi connectivity index (χ0v) is 22.8. The number of ketones is 1. The van der Waals surface area contributed by atoms with Crippen LogP contribution in [-0.2, 0) is 9.59 Å². The van der Waals surface area contributed by atoms with Gasteiger partial charge in [0.25, 0.3) is 5.91 Å². The van der Waals surface area contributed by atoms with E-state index in [2.05, 4.69) is 10.6 Å². The lowest BCUT2D eigenvalue weighted by Crippen LogP contribution is -2.37. The van der Waals surface area contributed by atoms with Gasteiger partial charge in [-0.3, -0.25) is 9.59 Å². The van der Waals surface area contributed by atoms with Crippen molar-refractivity contribution in [1.82, 2.24) is 5.32 Å². The molecule has 5 rings (SSSR count). The number of nitrogens with one attached hydrogen (secondary N) is 2. The summed E-state index contributed by atoms with van der Waals surface area (Å²) < 4.78 is 30.5. The number of carbonyl (C=O) groups excluding carboxylic acids is 2. The number of amides is 1. The third kappa shape index (κ3) is 5.17. The molecule has 2 aliphatic rings. The average Bonchev–Trinajstić information content (AvgIpc) is 2.96. The topological polar surface area (TPSA) is 85.9 Å². The highest BCUT2D eigenvalue weighted by Gasteiger charge is 2.41. The molecule has 40 heavy (non-hydrogen) atoms. The van der Waals surface area contributed by atoms with Gasteiger partial charge in [-0.2, -0.15) is 0 Å². The molecule has 0 bridgehead atoms. The normalized spacial score (nSPS) is 18.6. The van der Waals surface area contributed by atoms with Gasteiger partial charge in [-0.05, 0) is 78.9 Å². The van der Waals surface area contributed by atoms with Gasteiger partial charge in [0.2, 0.25) is 0 Å². The summed E-state index contributed by atoms with van der Waals surface area (Å²) in [6.45, 7) is 1.81. The highest BCUT2D eigenvalue weighted by atomic mass is 19.1. The number of dihydropyridines is 1. The second-order valence-corrected chi connectivity index (χ2v) is 9.87. The Morgan fingerprint density at radius 1 is 0.900 bits per heavy atom. The van der Waals surface area contributed by atoms with Crippen molar-refractivity contribution in [2.45, 2.75) is 31.6 Å². The molecule has 7 nitrogen and oxygen atoms in total. The molecule has 0 saturated heterocycles. The number of halogens is 1. The van der Waals surface area contributed by atoms with Gasteiger partial charge in [-0.15, -0.1) is 0 Å². The van der Waals surface area contributed by atoms with E-state index in [0.717, 1.165) is 11.3 Å². The number of carbonyl (C=O) groups is 2. The number of benzene rings is 3. The Morgan fingerprint density at radius 2 is 1.65 bits per heavy atom. The van der Waals surface area contributed by atoms with Crippen molar-refractivity contribution < 1.29 is 28.2 Å². The number of hydrogen-bond acceptors (Lipinski definition) is 6. The third-order valence-electron chi connectivity index (χ3n) is 7.48. The molecule has 2 atom stereocenters. The molecule has 0 spiro atoms. The number of hydrogen-bond donors (Lipinski definition) is 2. The summed E-state index contributed by atoms with van der Waals surface area (Å²) in [5, 5.41) is 6.29. The first-order chi connectivity index (χ1) is 19.3. The molecule has 0 unspecified atom stereocenters. The Bertz CT molecular complexity index is 1530. The van der Waals surface area contributed by atoms with E-state index < -0.39 is 11.7 Å². The first-order valence-corrected chi connectivity index (χ1v) is 13.0. The van der Waals surface area contributed by atoms with Gasteiger partial charge in [-0.1, -0.05) is 18.2 Å². The van der Waals surface area contributed by atoms with Gasteiger partial charge in [-0.25, -0.2) is 4.39 Å². The Balaban J connectivity index is 1.53. The van der Waals surface area contributed by atoms with E-state index in [4.69, 9.17) is 14.2 Å². The Kier molecular flexibility index (Phi) is 7.60. The molecule has 206 valence electrons. The lowest BCUT2D eigenvalue weighted by atomic mass is 9.71. The molecule has 1 heterocycles. The zero-order valence-electron chi connectivity index (χ0n) is 22.8. The van der Waals surface area contributed by atoms with Gasteiger partial charge >= 0.3 is 0 Å². The van der Waals surface area contributed by atoms with Gasteiger partial charge < -0.3 is 24.8 Å². The van der Waals surface area contributed by atoms with Crippen molar-refractivity contribution in [3.63, 3.8) is 0 Å². The Hall–Kier alpha value is -4.59. The van der Waals surface area contributed by atoms with E-state index in [0.29, 0.717) is 51.8 Å². The fourth-order valence-electron chi connectivity index (χ4n) is 5.57. The number of rotatable bonds is 7. The maximum atomic E-state index is 14.4. The van der Waals surface area contributed by atoms with Crippen LogP contribution in [0.1, 0.15) is 42.7 Å². The van der Waals surface area contributed by atoms with Crippen LogP contribution >= 0.6 is 0 Å². The quantitative estimate of drug-likeness (QED) is 0.390. The molecule has 2 N–H and O–H groups in total. The molecule has 3 aromatic carbocycles. The minimum Gasteiger partial charge on any atom is -0.497 e. The summed E-state index contributed by atoms with van der Waals surface area (Å²) in [5.74, 6) is 0.153. The molecule has 3 aromatic rings. The van der Waals surface area contributed by atoms with Gasteiger partial charge in [0, 0.05) is 40.6 Å². The second-order valence-electron chi connectivity index (χ2n) is 9.87. The first kappa shape index (κ1) is 27.0. The van der Waals surface area contributed by atoms with Crippen molar-refractivity contribution >= 4 is 17.4 Å². The van der Waals surface area contributed by atoms with Crippen LogP contribution in [0.4, 0.5) is 10.1 Å². The van der Waals surface area contributed by atoms with Gasteiger partial charge in [0.1, 0.15) is 11.6 Å². The Labute approximate surface area is 232 Å².